The highest BCUT2D eigenvalue weighted by Gasteiger charge is 2.33. The standard InChI is InChI=1S/C29H33N3O4/c1-20-9-10-26(21(2)17-20)36-19-23(33)18-31-13-11-30(12-14-31)15-16-32-28(34)24-7-3-5-22-6-4-8-25(27(22)24)29(32)35/h3-10,17,23,33H,11-16,18-19H2,1-2H3/t23-/m1/s1. The molecular formula is C29H33N3O4. The lowest BCUT2D eigenvalue weighted by atomic mass is 9.94. The molecular weight excluding hydrogens is 454 g/mol. The Labute approximate surface area is 211 Å². The molecule has 0 bridgehead atoms. The van der Waals surface area contributed by atoms with Crippen LogP contribution in [-0.4, -0.2) is 90.1 Å². The van der Waals surface area contributed by atoms with Gasteiger partial charge in [-0.1, -0.05) is 42.0 Å². The molecule has 2 aliphatic rings. The quantitative estimate of drug-likeness (QED) is 0.493. The van der Waals surface area contributed by atoms with Gasteiger partial charge in [-0.3, -0.25) is 24.3 Å². The van der Waals surface area contributed by atoms with Crippen LogP contribution in [0.15, 0.2) is 54.6 Å². The number of ether oxygens (including phenoxy) is 1. The van der Waals surface area contributed by atoms with Gasteiger partial charge in [0.2, 0.25) is 0 Å². The fourth-order valence-corrected chi connectivity index (χ4v) is 5.22. The van der Waals surface area contributed by atoms with Gasteiger partial charge in [0.1, 0.15) is 18.5 Å². The van der Waals surface area contributed by atoms with Crippen LogP contribution in [0.1, 0.15) is 31.8 Å². The van der Waals surface area contributed by atoms with E-state index in [0.717, 1.165) is 48.3 Å². The minimum atomic E-state index is -0.566. The van der Waals surface area contributed by atoms with Crippen molar-refractivity contribution >= 4 is 22.6 Å². The summed E-state index contributed by atoms with van der Waals surface area (Å²) in [5.74, 6) is 0.384. The van der Waals surface area contributed by atoms with Gasteiger partial charge in [-0.15, -0.1) is 0 Å². The summed E-state index contributed by atoms with van der Waals surface area (Å²) in [4.78, 5) is 32.1. The molecule has 188 valence electrons. The third kappa shape index (κ3) is 5.00. The van der Waals surface area contributed by atoms with Crippen molar-refractivity contribution in [3.8, 4) is 5.75 Å². The number of aryl methyl sites for hydroxylation is 2. The van der Waals surface area contributed by atoms with Crippen molar-refractivity contribution in [2.45, 2.75) is 20.0 Å². The molecule has 0 aliphatic carbocycles. The third-order valence-electron chi connectivity index (χ3n) is 7.19. The lowest BCUT2D eigenvalue weighted by molar-refractivity contribution is 0.0415. The molecule has 1 fully saturated rings. The number of hydrogen-bond donors (Lipinski definition) is 1. The van der Waals surface area contributed by atoms with Crippen LogP contribution in [-0.2, 0) is 0 Å². The third-order valence-corrected chi connectivity index (χ3v) is 7.19. The molecule has 1 atom stereocenters. The van der Waals surface area contributed by atoms with Crippen molar-refractivity contribution in [3.63, 3.8) is 0 Å². The summed E-state index contributed by atoms with van der Waals surface area (Å²) in [7, 11) is 0. The zero-order valence-corrected chi connectivity index (χ0v) is 20.9. The molecule has 1 N–H and O–H groups in total. The zero-order chi connectivity index (χ0) is 25.2. The van der Waals surface area contributed by atoms with E-state index in [1.54, 1.807) is 0 Å². The summed E-state index contributed by atoms with van der Waals surface area (Å²) >= 11 is 0. The molecule has 0 aromatic heterocycles. The first-order chi connectivity index (χ1) is 17.4. The summed E-state index contributed by atoms with van der Waals surface area (Å²) in [6.07, 6.45) is -0.566. The predicted molar refractivity (Wildman–Crippen MR) is 140 cm³/mol. The highest BCUT2D eigenvalue weighted by Crippen LogP contribution is 2.29. The fourth-order valence-electron chi connectivity index (χ4n) is 5.22. The van der Waals surface area contributed by atoms with E-state index in [2.05, 4.69) is 15.9 Å². The zero-order valence-electron chi connectivity index (χ0n) is 20.9. The van der Waals surface area contributed by atoms with Crippen molar-refractivity contribution in [2.75, 3.05) is 52.4 Å². The first kappa shape index (κ1) is 24.4. The molecule has 2 heterocycles. The Morgan fingerprint density at radius 3 is 2.14 bits per heavy atom. The Morgan fingerprint density at radius 1 is 0.861 bits per heavy atom. The Kier molecular flexibility index (Phi) is 7.05. The largest absolute Gasteiger partial charge is 0.491 e. The molecule has 2 aliphatic heterocycles. The number of carbonyl (C=O) groups excluding carboxylic acids is 2. The number of imide groups is 1. The maximum absolute atomic E-state index is 13.1. The molecule has 5 rings (SSSR count). The molecule has 0 unspecified atom stereocenters. The highest BCUT2D eigenvalue weighted by molar-refractivity contribution is 6.25. The van der Waals surface area contributed by atoms with Crippen LogP contribution in [0.3, 0.4) is 0 Å². The molecule has 7 nitrogen and oxygen atoms in total. The maximum atomic E-state index is 13.1. The lowest BCUT2D eigenvalue weighted by Gasteiger charge is -2.36. The molecule has 1 saturated heterocycles. The van der Waals surface area contributed by atoms with Crippen molar-refractivity contribution in [3.05, 3.63) is 76.9 Å². The van der Waals surface area contributed by atoms with Crippen molar-refractivity contribution in [1.29, 1.82) is 0 Å². The number of nitrogens with zero attached hydrogens (tertiary/aromatic N) is 3. The second kappa shape index (κ2) is 10.4. The van der Waals surface area contributed by atoms with Crippen molar-refractivity contribution in [2.24, 2.45) is 0 Å². The van der Waals surface area contributed by atoms with Crippen LogP contribution >= 0.6 is 0 Å². The van der Waals surface area contributed by atoms with Gasteiger partial charge >= 0.3 is 0 Å². The van der Waals surface area contributed by atoms with Gasteiger partial charge in [-0.25, -0.2) is 0 Å². The van der Waals surface area contributed by atoms with Crippen LogP contribution in [0.2, 0.25) is 0 Å². The van der Waals surface area contributed by atoms with Gasteiger partial charge in [0.25, 0.3) is 11.8 Å². The molecule has 0 saturated carbocycles. The van der Waals surface area contributed by atoms with E-state index in [1.807, 2.05) is 62.4 Å². The second-order valence-electron chi connectivity index (χ2n) is 9.85. The molecule has 36 heavy (non-hydrogen) atoms. The number of carbonyl (C=O) groups is 2. The van der Waals surface area contributed by atoms with Crippen LogP contribution < -0.4 is 4.74 Å². The van der Waals surface area contributed by atoms with E-state index in [4.69, 9.17) is 4.74 Å². The minimum Gasteiger partial charge on any atom is -0.491 e. The average Bonchev–Trinajstić information content (AvgIpc) is 2.87. The monoisotopic (exact) mass is 487 g/mol. The lowest BCUT2D eigenvalue weighted by Crippen LogP contribution is -2.51. The van der Waals surface area contributed by atoms with E-state index in [1.165, 1.54) is 10.5 Å². The minimum absolute atomic E-state index is 0.213. The van der Waals surface area contributed by atoms with E-state index < -0.39 is 6.10 Å². The van der Waals surface area contributed by atoms with Gasteiger partial charge in [0, 0.05) is 62.3 Å². The van der Waals surface area contributed by atoms with Crippen LogP contribution in [0.5, 0.6) is 5.75 Å². The number of rotatable bonds is 8. The number of aliphatic hydroxyl groups excluding tert-OH is 1. The normalized spacial score (nSPS) is 17.6. The Balaban J connectivity index is 1.10. The van der Waals surface area contributed by atoms with E-state index in [0.29, 0.717) is 30.8 Å². The van der Waals surface area contributed by atoms with Gasteiger partial charge in [-0.05, 0) is 43.0 Å². The topological polar surface area (TPSA) is 73.3 Å². The first-order valence-corrected chi connectivity index (χ1v) is 12.6. The average molecular weight is 488 g/mol. The number of amides is 2. The van der Waals surface area contributed by atoms with Crippen LogP contribution in [0.4, 0.5) is 0 Å². The molecule has 0 spiro atoms. The van der Waals surface area contributed by atoms with Crippen LogP contribution in [0.25, 0.3) is 10.8 Å². The molecule has 0 radical (unpaired) electrons. The second-order valence-corrected chi connectivity index (χ2v) is 9.85. The summed E-state index contributed by atoms with van der Waals surface area (Å²) < 4.78 is 5.83. The Hall–Kier alpha value is -3.26. The van der Waals surface area contributed by atoms with Crippen molar-refractivity contribution in [1.82, 2.24) is 14.7 Å². The van der Waals surface area contributed by atoms with Crippen molar-refractivity contribution < 1.29 is 19.4 Å². The molecule has 3 aromatic carbocycles. The SMILES string of the molecule is Cc1ccc(OC[C@H](O)CN2CCN(CCN3C(=O)c4cccc5cccc(c45)C3=O)CC2)c(C)c1. The van der Waals surface area contributed by atoms with Gasteiger partial charge < -0.3 is 9.84 Å². The summed E-state index contributed by atoms with van der Waals surface area (Å²) in [6.45, 7) is 9.19. The summed E-state index contributed by atoms with van der Waals surface area (Å²) in [5, 5.41) is 12.2. The maximum Gasteiger partial charge on any atom is 0.261 e. The smallest absolute Gasteiger partial charge is 0.261 e. The number of hydrogen-bond acceptors (Lipinski definition) is 6. The number of aliphatic hydroxyl groups is 1. The highest BCUT2D eigenvalue weighted by atomic mass is 16.5. The Bertz CT molecular complexity index is 1230. The number of β-amino-alcohol motifs (C(OH)–C–C–N with tert-alkyl or cyclic N) is 1. The van der Waals surface area contributed by atoms with Crippen LogP contribution in [0, 0.1) is 13.8 Å². The van der Waals surface area contributed by atoms with E-state index >= 15 is 0 Å². The van der Waals surface area contributed by atoms with E-state index in [9.17, 15) is 14.7 Å². The molecule has 2 amide bonds. The Morgan fingerprint density at radius 2 is 1.50 bits per heavy atom. The first-order valence-electron chi connectivity index (χ1n) is 12.6. The summed E-state index contributed by atoms with van der Waals surface area (Å²) in [6, 6.07) is 17.3. The number of piperazine rings is 1. The number of benzene rings is 3. The predicted octanol–water partition coefficient (Wildman–Crippen LogP) is 3.11. The fraction of sp³-hybridized carbons (Fsp3) is 0.379. The molecule has 7 heteroatoms. The summed E-state index contributed by atoms with van der Waals surface area (Å²) in [5.41, 5.74) is 3.46. The van der Waals surface area contributed by atoms with E-state index in [-0.39, 0.29) is 18.4 Å². The van der Waals surface area contributed by atoms with Gasteiger partial charge in [0.15, 0.2) is 0 Å². The molecule has 3 aromatic rings. The van der Waals surface area contributed by atoms with Gasteiger partial charge in [-0.2, -0.15) is 0 Å². The van der Waals surface area contributed by atoms with Gasteiger partial charge in [0.05, 0.1) is 0 Å².